The Kier molecular flexibility index (Phi) is 1.54. The summed E-state index contributed by atoms with van der Waals surface area (Å²) in [5.41, 5.74) is 5.56. The Morgan fingerprint density at radius 2 is 2.13 bits per heavy atom. The van der Waals surface area contributed by atoms with Crippen LogP contribution in [-0.4, -0.2) is 17.6 Å². The third-order valence-electron chi connectivity index (χ3n) is 4.48. The Labute approximate surface area is 90.4 Å². The van der Waals surface area contributed by atoms with Gasteiger partial charge in [0.1, 0.15) is 5.60 Å². The van der Waals surface area contributed by atoms with Crippen molar-refractivity contribution in [2.75, 3.05) is 0 Å². The van der Waals surface area contributed by atoms with E-state index in [0.29, 0.717) is 17.8 Å². The standard InChI is InChI=1S/C12H19NO2/c1-11(2,3)15-10(14)12-5-6-4-7(12)8(12)9(6)13/h6-9H,4-5,13H2,1-3H3. The Morgan fingerprint density at radius 3 is 2.47 bits per heavy atom. The molecule has 4 fully saturated rings. The predicted molar refractivity (Wildman–Crippen MR) is 56.0 cm³/mol. The van der Waals surface area contributed by atoms with E-state index in [9.17, 15) is 4.79 Å². The first-order valence-electron chi connectivity index (χ1n) is 5.85. The molecule has 0 radical (unpaired) electrons. The van der Waals surface area contributed by atoms with Gasteiger partial charge in [0, 0.05) is 6.04 Å². The molecule has 4 bridgehead atoms. The summed E-state index contributed by atoms with van der Waals surface area (Å²) in [5, 5.41) is 0. The average Bonchev–Trinajstić information content (AvgIpc) is 2.44. The molecule has 5 atom stereocenters. The quantitative estimate of drug-likeness (QED) is 0.662. The van der Waals surface area contributed by atoms with E-state index in [1.807, 2.05) is 20.8 Å². The Hall–Kier alpha value is -0.570. The molecule has 0 heterocycles. The number of ether oxygens (including phenoxy) is 1. The molecule has 2 N–H and O–H groups in total. The summed E-state index contributed by atoms with van der Waals surface area (Å²) < 4.78 is 5.52. The van der Waals surface area contributed by atoms with Gasteiger partial charge in [0.2, 0.25) is 0 Å². The van der Waals surface area contributed by atoms with E-state index >= 15 is 0 Å². The van der Waals surface area contributed by atoms with Gasteiger partial charge in [-0.3, -0.25) is 4.79 Å². The summed E-state index contributed by atoms with van der Waals surface area (Å²) in [6.45, 7) is 5.79. The third-order valence-corrected chi connectivity index (χ3v) is 4.48. The average molecular weight is 209 g/mol. The molecule has 4 aliphatic rings. The highest BCUT2D eigenvalue weighted by Gasteiger charge is 2.82. The minimum Gasteiger partial charge on any atom is -0.460 e. The fourth-order valence-electron chi connectivity index (χ4n) is 3.98. The van der Waals surface area contributed by atoms with Crippen LogP contribution >= 0.6 is 0 Å². The molecule has 0 aromatic carbocycles. The number of hydrogen-bond donors (Lipinski definition) is 1. The van der Waals surface area contributed by atoms with Crippen LogP contribution in [0.1, 0.15) is 33.6 Å². The van der Waals surface area contributed by atoms with Gasteiger partial charge in [-0.25, -0.2) is 0 Å². The van der Waals surface area contributed by atoms with Crippen LogP contribution in [0.3, 0.4) is 0 Å². The summed E-state index contributed by atoms with van der Waals surface area (Å²) in [5.74, 6) is 1.60. The van der Waals surface area contributed by atoms with Crippen molar-refractivity contribution in [3.63, 3.8) is 0 Å². The lowest BCUT2D eigenvalue weighted by molar-refractivity contribution is -0.162. The van der Waals surface area contributed by atoms with E-state index in [0.717, 1.165) is 12.8 Å². The molecule has 3 nitrogen and oxygen atoms in total. The molecule has 0 amide bonds. The second kappa shape index (κ2) is 2.40. The fraction of sp³-hybridized carbons (Fsp3) is 0.917. The van der Waals surface area contributed by atoms with E-state index in [2.05, 4.69) is 0 Å². The van der Waals surface area contributed by atoms with E-state index in [-0.39, 0.29) is 23.0 Å². The molecule has 4 aliphatic carbocycles. The number of carbonyl (C=O) groups excluding carboxylic acids is 1. The highest BCUT2D eigenvalue weighted by atomic mass is 16.6. The maximum atomic E-state index is 12.1. The zero-order valence-electron chi connectivity index (χ0n) is 9.62. The monoisotopic (exact) mass is 209 g/mol. The lowest BCUT2D eigenvalue weighted by Gasteiger charge is -2.22. The van der Waals surface area contributed by atoms with Crippen molar-refractivity contribution in [1.29, 1.82) is 0 Å². The SMILES string of the molecule is CC(C)(C)OC(=O)C12CC3CC1C2C3N. The molecule has 0 aromatic rings. The minimum atomic E-state index is -0.365. The van der Waals surface area contributed by atoms with E-state index < -0.39 is 0 Å². The van der Waals surface area contributed by atoms with Crippen molar-refractivity contribution in [3.8, 4) is 0 Å². The first-order chi connectivity index (χ1) is 6.86. The Balaban J connectivity index is 1.79. The molecule has 0 aromatic heterocycles. The molecule has 0 spiro atoms. The molecule has 84 valence electrons. The highest BCUT2D eigenvalue weighted by molar-refractivity contribution is 5.84. The van der Waals surface area contributed by atoms with Gasteiger partial charge in [0.15, 0.2) is 0 Å². The molecule has 0 saturated heterocycles. The number of hydrogen-bond acceptors (Lipinski definition) is 3. The van der Waals surface area contributed by atoms with Crippen molar-refractivity contribution in [2.24, 2.45) is 28.9 Å². The van der Waals surface area contributed by atoms with Gasteiger partial charge in [-0.1, -0.05) is 0 Å². The van der Waals surface area contributed by atoms with Crippen LogP contribution in [0.15, 0.2) is 0 Å². The molecule has 4 rings (SSSR count). The molecule has 3 heteroatoms. The van der Waals surface area contributed by atoms with Crippen molar-refractivity contribution in [3.05, 3.63) is 0 Å². The van der Waals surface area contributed by atoms with Crippen LogP contribution in [-0.2, 0) is 9.53 Å². The summed E-state index contributed by atoms with van der Waals surface area (Å²) >= 11 is 0. The van der Waals surface area contributed by atoms with Gasteiger partial charge in [-0.2, -0.15) is 0 Å². The van der Waals surface area contributed by atoms with Crippen LogP contribution < -0.4 is 5.73 Å². The highest BCUT2D eigenvalue weighted by Crippen LogP contribution is 2.78. The van der Waals surface area contributed by atoms with Crippen LogP contribution in [0.25, 0.3) is 0 Å². The molecule has 5 unspecified atom stereocenters. The van der Waals surface area contributed by atoms with E-state index in [4.69, 9.17) is 10.5 Å². The van der Waals surface area contributed by atoms with Gasteiger partial charge in [-0.15, -0.1) is 0 Å². The fourth-order valence-corrected chi connectivity index (χ4v) is 3.98. The van der Waals surface area contributed by atoms with Gasteiger partial charge in [0.25, 0.3) is 0 Å². The van der Waals surface area contributed by atoms with Gasteiger partial charge >= 0.3 is 5.97 Å². The summed E-state index contributed by atoms with van der Waals surface area (Å²) in [6, 6.07) is 0.266. The van der Waals surface area contributed by atoms with Crippen LogP contribution in [0.2, 0.25) is 0 Å². The number of carbonyl (C=O) groups is 1. The molecule has 4 saturated carbocycles. The normalized spacial score (nSPS) is 50.7. The minimum absolute atomic E-state index is 0.0143. The first-order valence-corrected chi connectivity index (χ1v) is 5.85. The first kappa shape index (κ1) is 9.64. The molecule has 15 heavy (non-hydrogen) atoms. The van der Waals surface area contributed by atoms with Crippen LogP contribution in [0, 0.1) is 23.2 Å². The lowest BCUT2D eigenvalue weighted by Crippen LogP contribution is -2.30. The summed E-state index contributed by atoms with van der Waals surface area (Å²) in [7, 11) is 0. The van der Waals surface area contributed by atoms with Gasteiger partial charge < -0.3 is 10.5 Å². The second-order valence-electron chi connectivity index (χ2n) is 6.45. The molecular formula is C12H19NO2. The van der Waals surface area contributed by atoms with E-state index in [1.165, 1.54) is 0 Å². The Bertz CT molecular complexity index is 333. The van der Waals surface area contributed by atoms with Gasteiger partial charge in [-0.05, 0) is 51.4 Å². The summed E-state index contributed by atoms with van der Waals surface area (Å²) in [6.07, 6.45) is 2.14. The largest absolute Gasteiger partial charge is 0.460 e. The number of rotatable bonds is 1. The zero-order chi connectivity index (χ0) is 11.0. The van der Waals surface area contributed by atoms with Crippen LogP contribution in [0.5, 0.6) is 0 Å². The van der Waals surface area contributed by atoms with E-state index in [1.54, 1.807) is 0 Å². The maximum Gasteiger partial charge on any atom is 0.313 e. The Morgan fingerprint density at radius 1 is 1.47 bits per heavy atom. The third kappa shape index (κ3) is 1.02. The maximum absolute atomic E-state index is 12.1. The number of esters is 1. The van der Waals surface area contributed by atoms with Crippen molar-refractivity contribution >= 4 is 5.97 Å². The van der Waals surface area contributed by atoms with Gasteiger partial charge in [0.05, 0.1) is 5.41 Å². The second-order valence-corrected chi connectivity index (χ2v) is 6.45. The predicted octanol–water partition coefficient (Wildman–Crippen LogP) is 1.31. The van der Waals surface area contributed by atoms with Crippen molar-refractivity contribution in [2.45, 2.75) is 45.3 Å². The number of nitrogens with two attached hydrogens (primary N) is 1. The van der Waals surface area contributed by atoms with Crippen molar-refractivity contribution < 1.29 is 9.53 Å². The molecule has 0 aliphatic heterocycles. The summed E-state index contributed by atoms with van der Waals surface area (Å²) in [4.78, 5) is 12.1. The van der Waals surface area contributed by atoms with Crippen LogP contribution in [0.4, 0.5) is 0 Å². The van der Waals surface area contributed by atoms with Crippen molar-refractivity contribution in [1.82, 2.24) is 0 Å². The smallest absolute Gasteiger partial charge is 0.313 e. The topological polar surface area (TPSA) is 52.3 Å². The lowest BCUT2D eigenvalue weighted by atomic mass is 10.0. The molecular weight excluding hydrogens is 190 g/mol. The zero-order valence-corrected chi connectivity index (χ0v) is 9.62.